The Morgan fingerprint density at radius 1 is 1.50 bits per heavy atom. The molecule has 0 amide bonds. The second kappa shape index (κ2) is 4.84. The van der Waals surface area contributed by atoms with E-state index in [2.05, 4.69) is 21.2 Å². The predicted octanol–water partition coefficient (Wildman–Crippen LogP) is 1.62. The highest BCUT2D eigenvalue weighted by Crippen LogP contribution is 2.14. The lowest BCUT2D eigenvalue weighted by atomic mass is 10.1. The zero-order valence-electron chi connectivity index (χ0n) is 9.00. The summed E-state index contributed by atoms with van der Waals surface area (Å²) in [5.74, 6) is -0.314. The van der Waals surface area contributed by atoms with Crippen LogP contribution in [-0.2, 0) is 13.5 Å². The first kappa shape index (κ1) is 11.4. The van der Waals surface area contributed by atoms with Crippen molar-refractivity contribution in [3.8, 4) is 0 Å². The molecule has 4 nitrogen and oxygen atoms in total. The monoisotopic (exact) mass is 284 g/mol. The molecule has 0 unspecified atom stereocenters. The third-order valence-electron chi connectivity index (χ3n) is 2.54. The lowest BCUT2D eigenvalue weighted by molar-refractivity contribution is 0.528. The molecule has 1 N–H and O–H groups in total. The van der Waals surface area contributed by atoms with Crippen molar-refractivity contribution in [3.05, 3.63) is 34.3 Å². The molecular formula is C11H13BrN2O2. The summed E-state index contributed by atoms with van der Waals surface area (Å²) in [6.45, 7) is 0.897. The van der Waals surface area contributed by atoms with Crippen LogP contribution in [0.5, 0.6) is 0 Å². The van der Waals surface area contributed by atoms with Gasteiger partial charge in [0.15, 0.2) is 5.58 Å². The number of aryl methyl sites for hydroxylation is 1. The molecule has 2 aromatic rings. The Balaban J connectivity index is 2.27. The highest BCUT2D eigenvalue weighted by molar-refractivity contribution is 9.09. The van der Waals surface area contributed by atoms with E-state index in [1.807, 2.05) is 18.2 Å². The molecule has 2 rings (SSSR count). The van der Waals surface area contributed by atoms with E-state index in [0.717, 1.165) is 29.5 Å². The van der Waals surface area contributed by atoms with Crippen LogP contribution in [0.2, 0.25) is 0 Å². The van der Waals surface area contributed by atoms with Crippen molar-refractivity contribution in [2.75, 3.05) is 12.0 Å². The summed E-state index contributed by atoms with van der Waals surface area (Å²) in [5, 5.41) is 3.18. The molecule has 1 aromatic carbocycles. The van der Waals surface area contributed by atoms with Gasteiger partial charge >= 0.3 is 5.76 Å². The van der Waals surface area contributed by atoms with Gasteiger partial charge in [0.05, 0.1) is 11.0 Å². The molecule has 1 aromatic heterocycles. The first-order valence-corrected chi connectivity index (χ1v) is 6.19. The Hall–Kier alpha value is -1.07. The standard InChI is InChI=1S/C11H13BrN2O2/c1-14-9-3-2-8(4-5-13-7-12)6-10(9)16-11(14)15/h2-3,6,13H,4-5,7H2,1H3. The maximum atomic E-state index is 11.3. The highest BCUT2D eigenvalue weighted by Gasteiger charge is 2.05. The van der Waals surface area contributed by atoms with Gasteiger partial charge in [0.1, 0.15) is 0 Å². The lowest BCUT2D eigenvalue weighted by Crippen LogP contribution is -2.14. The molecule has 0 spiro atoms. The number of alkyl halides is 1. The second-order valence-corrected chi connectivity index (χ2v) is 4.17. The molecule has 0 bridgehead atoms. The van der Waals surface area contributed by atoms with Crippen LogP contribution in [0.25, 0.3) is 11.1 Å². The summed E-state index contributed by atoms with van der Waals surface area (Å²) in [5.41, 5.74) is 3.44. The van der Waals surface area contributed by atoms with E-state index in [1.165, 1.54) is 4.57 Å². The van der Waals surface area contributed by atoms with Crippen LogP contribution in [0.3, 0.4) is 0 Å². The number of nitrogens with one attached hydrogen (secondary N) is 1. The Labute approximate surface area is 101 Å². The Morgan fingerprint density at radius 2 is 2.31 bits per heavy atom. The van der Waals surface area contributed by atoms with Crippen molar-refractivity contribution in [1.29, 1.82) is 0 Å². The molecule has 86 valence electrons. The average Bonchev–Trinajstić information content (AvgIpc) is 2.55. The molecule has 0 aliphatic carbocycles. The summed E-state index contributed by atoms with van der Waals surface area (Å²) >= 11 is 3.30. The third kappa shape index (κ3) is 2.20. The van der Waals surface area contributed by atoms with Gasteiger partial charge in [0.2, 0.25) is 0 Å². The van der Waals surface area contributed by atoms with E-state index < -0.39 is 0 Å². The van der Waals surface area contributed by atoms with Gasteiger partial charge in [-0.15, -0.1) is 0 Å². The average molecular weight is 285 g/mol. The number of benzene rings is 1. The second-order valence-electron chi connectivity index (χ2n) is 3.61. The van der Waals surface area contributed by atoms with E-state index in [1.54, 1.807) is 7.05 Å². The third-order valence-corrected chi connectivity index (χ3v) is 2.94. The number of fused-ring (bicyclic) bond motifs is 1. The topological polar surface area (TPSA) is 47.2 Å². The fourth-order valence-corrected chi connectivity index (χ4v) is 1.91. The van der Waals surface area contributed by atoms with E-state index in [9.17, 15) is 4.79 Å². The Kier molecular flexibility index (Phi) is 3.46. The number of hydrogen-bond acceptors (Lipinski definition) is 3. The van der Waals surface area contributed by atoms with Crippen molar-refractivity contribution in [2.45, 2.75) is 6.42 Å². The summed E-state index contributed by atoms with van der Waals surface area (Å²) in [6, 6.07) is 5.86. The van der Waals surface area contributed by atoms with Gasteiger partial charge in [0, 0.05) is 7.05 Å². The lowest BCUT2D eigenvalue weighted by Gasteiger charge is -2.01. The van der Waals surface area contributed by atoms with Crippen molar-refractivity contribution in [3.63, 3.8) is 0 Å². The van der Waals surface area contributed by atoms with E-state index in [4.69, 9.17) is 4.42 Å². The first-order valence-electron chi connectivity index (χ1n) is 5.07. The molecule has 16 heavy (non-hydrogen) atoms. The van der Waals surface area contributed by atoms with Gasteiger partial charge in [-0.3, -0.25) is 4.57 Å². The summed E-state index contributed by atoms with van der Waals surface area (Å²) in [6.07, 6.45) is 0.917. The molecule has 0 saturated heterocycles. The Morgan fingerprint density at radius 3 is 3.06 bits per heavy atom. The van der Waals surface area contributed by atoms with Crippen molar-refractivity contribution in [1.82, 2.24) is 9.88 Å². The molecule has 0 radical (unpaired) electrons. The number of rotatable bonds is 4. The fourth-order valence-electron chi connectivity index (χ4n) is 1.63. The van der Waals surface area contributed by atoms with Gasteiger partial charge in [-0.05, 0) is 30.7 Å². The summed E-state index contributed by atoms with van der Waals surface area (Å²) in [7, 11) is 1.71. The van der Waals surface area contributed by atoms with Gasteiger partial charge in [0.25, 0.3) is 0 Å². The largest absolute Gasteiger partial charge is 0.419 e. The van der Waals surface area contributed by atoms with Crippen LogP contribution < -0.4 is 11.1 Å². The SMILES string of the molecule is Cn1c(=O)oc2cc(CCNCBr)ccc21. The fraction of sp³-hybridized carbons (Fsp3) is 0.364. The van der Waals surface area contributed by atoms with E-state index in [-0.39, 0.29) is 5.76 Å². The van der Waals surface area contributed by atoms with Crippen LogP contribution in [0.1, 0.15) is 5.56 Å². The molecule has 0 fully saturated rings. The molecule has 0 aliphatic heterocycles. The minimum atomic E-state index is -0.314. The smallest absolute Gasteiger partial charge is 0.408 e. The molecule has 0 atom stereocenters. The first-order chi connectivity index (χ1) is 7.72. The quantitative estimate of drug-likeness (QED) is 0.527. The molecule has 0 saturated carbocycles. The number of oxazole rings is 1. The van der Waals surface area contributed by atoms with Gasteiger partial charge in [-0.2, -0.15) is 0 Å². The van der Waals surface area contributed by atoms with Crippen molar-refractivity contribution in [2.24, 2.45) is 7.05 Å². The molecular weight excluding hydrogens is 272 g/mol. The van der Waals surface area contributed by atoms with Crippen LogP contribution in [0.4, 0.5) is 0 Å². The minimum absolute atomic E-state index is 0.314. The summed E-state index contributed by atoms with van der Waals surface area (Å²) < 4.78 is 6.63. The predicted molar refractivity (Wildman–Crippen MR) is 67.0 cm³/mol. The number of aromatic nitrogens is 1. The maximum absolute atomic E-state index is 11.3. The Bertz CT molecular complexity index is 544. The normalized spacial score (nSPS) is 11.1. The van der Waals surface area contributed by atoms with E-state index >= 15 is 0 Å². The zero-order valence-corrected chi connectivity index (χ0v) is 10.6. The van der Waals surface area contributed by atoms with Crippen molar-refractivity contribution < 1.29 is 4.42 Å². The number of halogens is 1. The number of hydrogen-bond donors (Lipinski definition) is 1. The van der Waals surface area contributed by atoms with Crippen LogP contribution in [0, 0.1) is 0 Å². The minimum Gasteiger partial charge on any atom is -0.408 e. The number of nitrogens with zero attached hydrogens (tertiary/aromatic N) is 1. The van der Waals surface area contributed by atoms with Gasteiger partial charge in [-0.25, -0.2) is 4.79 Å². The van der Waals surface area contributed by atoms with Crippen LogP contribution in [-0.4, -0.2) is 16.6 Å². The van der Waals surface area contributed by atoms with Gasteiger partial charge < -0.3 is 9.73 Å². The maximum Gasteiger partial charge on any atom is 0.419 e. The highest BCUT2D eigenvalue weighted by atomic mass is 79.9. The van der Waals surface area contributed by atoms with Crippen molar-refractivity contribution >= 4 is 27.0 Å². The van der Waals surface area contributed by atoms with Gasteiger partial charge in [-0.1, -0.05) is 22.0 Å². The summed E-state index contributed by atoms with van der Waals surface area (Å²) in [4.78, 5) is 11.3. The molecule has 5 heteroatoms. The van der Waals surface area contributed by atoms with Crippen LogP contribution in [0.15, 0.2) is 27.4 Å². The molecule has 0 aliphatic rings. The molecule has 1 heterocycles. The van der Waals surface area contributed by atoms with Crippen LogP contribution >= 0.6 is 15.9 Å². The van der Waals surface area contributed by atoms with E-state index in [0.29, 0.717) is 5.58 Å². The zero-order chi connectivity index (χ0) is 11.5.